The van der Waals surface area contributed by atoms with Gasteiger partial charge in [0.25, 0.3) is 0 Å². The van der Waals surface area contributed by atoms with E-state index in [1.165, 1.54) is 22.1 Å². The average molecular weight is 504 g/mol. The Morgan fingerprint density at radius 1 is 0.842 bits per heavy atom. The van der Waals surface area contributed by atoms with Crippen LogP contribution in [0.1, 0.15) is 28.6 Å². The van der Waals surface area contributed by atoms with E-state index in [1.54, 1.807) is 0 Å². The molecule has 0 bridgehead atoms. The summed E-state index contributed by atoms with van der Waals surface area (Å²) in [6, 6.07) is 29.6. The number of hydrogen-bond donors (Lipinski definition) is 1. The monoisotopic (exact) mass is 503 g/mol. The lowest BCUT2D eigenvalue weighted by atomic mass is 10.0. The van der Waals surface area contributed by atoms with Gasteiger partial charge in [-0.1, -0.05) is 91.0 Å². The summed E-state index contributed by atoms with van der Waals surface area (Å²) in [5, 5.41) is 14.4. The lowest BCUT2D eigenvalue weighted by molar-refractivity contribution is 0.112. The summed E-state index contributed by atoms with van der Waals surface area (Å²) in [6.07, 6.45) is 7.45. The number of rotatable bonds is 9. The molecule has 38 heavy (non-hydrogen) atoms. The van der Waals surface area contributed by atoms with Crippen LogP contribution in [0.5, 0.6) is 0 Å². The quantitative estimate of drug-likeness (QED) is 0.313. The first-order valence-corrected chi connectivity index (χ1v) is 13.4. The third-order valence-electron chi connectivity index (χ3n) is 7.43. The first-order valence-electron chi connectivity index (χ1n) is 13.4. The van der Waals surface area contributed by atoms with Crippen LogP contribution >= 0.6 is 0 Å². The largest absolute Gasteiger partial charge is 0.361 e. The number of H-pyrrole nitrogens is 1. The molecule has 7 heteroatoms. The Hall–Kier alpha value is -4.07. The minimum Gasteiger partial charge on any atom is -0.361 e. The first kappa shape index (κ1) is 24.3. The van der Waals surface area contributed by atoms with Crippen molar-refractivity contribution >= 4 is 17.0 Å². The molecular weight excluding hydrogens is 470 g/mol. The van der Waals surface area contributed by atoms with Gasteiger partial charge in [-0.05, 0) is 39.6 Å². The standard InChI is InChI=1S/C31H33N7/c1-3-10-25(11-4-1)12-9-18-36-20-22-37(23-21-36)30(26-13-5-2-6-14-26)31-33-34-35-38(31)19-17-27-24-32-29-16-8-7-15-28(27)29/h1-16,24,30,32H,17-23H2/t30-/m1/s1. The molecule has 1 atom stereocenters. The summed E-state index contributed by atoms with van der Waals surface area (Å²) < 4.78 is 1.99. The Morgan fingerprint density at radius 2 is 1.58 bits per heavy atom. The van der Waals surface area contributed by atoms with Gasteiger partial charge in [-0.2, -0.15) is 0 Å². The van der Waals surface area contributed by atoms with Crippen molar-refractivity contribution in [3.63, 3.8) is 0 Å². The summed E-state index contributed by atoms with van der Waals surface area (Å²) in [4.78, 5) is 8.42. The summed E-state index contributed by atoms with van der Waals surface area (Å²) in [5.74, 6) is 0.911. The van der Waals surface area contributed by atoms with Crippen LogP contribution in [-0.2, 0) is 13.0 Å². The summed E-state index contributed by atoms with van der Waals surface area (Å²) in [7, 11) is 0. The topological polar surface area (TPSA) is 65.9 Å². The molecule has 0 unspecified atom stereocenters. The smallest absolute Gasteiger partial charge is 0.173 e. The van der Waals surface area contributed by atoms with Crippen molar-refractivity contribution in [3.05, 3.63) is 120 Å². The zero-order chi connectivity index (χ0) is 25.6. The molecule has 7 nitrogen and oxygen atoms in total. The van der Waals surface area contributed by atoms with E-state index in [-0.39, 0.29) is 6.04 Å². The highest BCUT2D eigenvalue weighted by Gasteiger charge is 2.30. The van der Waals surface area contributed by atoms with E-state index in [2.05, 4.69) is 134 Å². The Kier molecular flexibility index (Phi) is 7.37. The maximum absolute atomic E-state index is 4.56. The third-order valence-corrected chi connectivity index (χ3v) is 7.43. The van der Waals surface area contributed by atoms with Gasteiger partial charge in [0.2, 0.25) is 0 Å². The van der Waals surface area contributed by atoms with Crippen LogP contribution in [0.3, 0.4) is 0 Å². The molecule has 3 heterocycles. The fourth-order valence-electron chi connectivity index (χ4n) is 5.40. The SMILES string of the molecule is C(=Cc1ccccc1)CN1CCN([C@H](c2ccccc2)c2nnnn2CCc2c[nH]c3ccccc23)CC1. The van der Waals surface area contributed by atoms with E-state index in [1.807, 2.05) is 4.68 Å². The van der Waals surface area contributed by atoms with Gasteiger partial charge in [-0.3, -0.25) is 9.80 Å². The third kappa shape index (κ3) is 5.44. The highest BCUT2D eigenvalue weighted by molar-refractivity contribution is 5.83. The first-order chi connectivity index (χ1) is 18.8. The predicted octanol–water partition coefficient (Wildman–Crippen LogP) is 4.82. The lowest BCUT2D eigenvalue weighted by Gasteiger charge is -2.38. The molecule has 2 aromatic heterocycles. The molecule has 0 aliphatic carbocycles. The van der Waals surface area contributed by atoms with E-state index >= 15 is 0 Å². The second kappa shape index (κ2) is 11.5. The summed E-state index contributed by atoms with van der Waals surface area (Å²) in [6.45, 7) is 5.65. The minimum atomic E-state index is 0.0242. The van der Waals surface area contributed by atoms with E-state index in [0.717, 1.165) is 57.0 Å². The number of benzene rings is 3. The van der Waals surface area contributed by atoms with Crippen LogP contribution in [0, 0.1) is 0 Å². The average Bonchev–Trinajstić information content (AvgIpc) is 3.61. The Bertz CT molecular complexity index is 1460. The number of aromatic amines is 1. The minimum absolute atomic E-state index is 0.0242. The number of para-hydroxylation sites is 1. The molecule has 1 N–H and O–H groups in total. The van der Waals surface area contributed by atoms with Crippen molar-refractivity contribution in [3.8, 4) is 0 Å². The van der Waals surface area contributed by atoms with E-state index in [9.17, 15) is 0 Å². The molecule has 3 aromatic carbocycles. The summed E-state index contributed by atoms with van der Waals surface area (Å²) >= 11 is 0. The molecular formula is C31H33N7. The number of nitrogens with one attached hydrogen (secondary N) is 1. The number of tetrazole rings is 1. The molecule has 5 aromatic rings. The molecule has 192 valence electrons. The van der Waals surface area contributed by atoms with Gasteiger partial charge >= 0.3 is 0 Å². The van der Waals surface area contributed by atoms with E-state index < -0.39 is 0 Å². The van der Waals surface area contributed by atoms with Crippen LogP contribution in [0.25, 0.3) is 17.0 Å². The highest BCUT2D eigenvalue weighted by atomic mass is 15.6. The van der Waals surface area contributed by atoms with E-state index in [0.29, 0.717) is 0 Å². The number of fused-ring (bicyclic) bond motifs is 1. The Balaban J connectivity index is 1.16. The highest BCUT2D eigenvalue weighted by Crippen LogP contribution is 2.28. The Labute approximate surface area is 223 Å². The maximum atomic E-state index is 4.56. The fraction of sp³-hybridized carbons (Fsp3) is 0.258. The van der Waals surface area contributed by atoms with Crippen molar-refractivity contribution in [2.24, 2.45) is 0 Å². The van der Waals surface area contributed by atoms with E-state index in [4.69, 9.17) is 0 Å². The van der Waals surface area contributed by atoms with Crippen molar-refractivity contribution in [2.45, 2.75) is 19.0 Å². The van der Waals surface area contributed by atoms with Gasteiger partial charge in [0.15, 0.2) is 5.82 Å². The van der Waals surface area contributed by atoms with Crippen LogP contribution in [0.4, 0.5) is 0 Å². The number of aryl methyl sites for hydroxylation is 2. The predicted molar refractivity (Wildman–Crippen MR) is 152 cm³/mol. The van der Waals surface area contributed by atoms with Crippen molar-refractivity contribution in [2.75, 3.05) is 32.7 Å². The van der Waals surface area contributed by atoms with Gasteiger partial charge in [0.1, 0.15) is 0 Å². The van der Waals surface area contributed by atoms with Crippen LogP contribution in [0.2, 0.25) is 0 Å². The number of hydrogen-bond acceptors (Lipinski definition) is 5. The molecule has 0 radical (unpaired) electrons. The second-order valence-corrected chi connectivity index (χ2v) is 9.83. The molecule has 1 saturated heterocycles. The van der Waals surface area contributed by atoms with Crippen LogP contribution in [-0.4, -0.2) is 67.7 Å². The molecule has 0 spiro atoms. The molecule has 1 aliphatic rings. The number of piperazine rings is 1. The van der Waals surface area contributed by atoms with Crippen molar-refractivity contribution in [1.29, 1.82) is 0 Å². The fourth-order valence-corrected chi connectivity index (χ4v) is 5.40. The molecule has 0 saturated carbocycles. The second-order valence-electron chi connectivity index (χ2n) is 9.83. The van der Waals surface area contributed by atoms with Crippen LogP contribution < -0.4 is 0 Å². The van der Waals surface area contributed by atoms with Gasteiger partial charge in [-0.15, -0.1) is 5.10 Å². The Morgan fingerprint density at radius 3 is 2.39 bits per heavy atom. The van der Waals surface area contributed by atoms with Gasteiger partial charge in [-0.25, -0.2) is 4.68 Å². The normalized spacial score (nSPS) is 15.9. The van der Waals surface area contributed by atoms with Crippen LogP contribution in [0.15, 0.2) is 97.2 Å². The molecule has 1 fully saturated rings. The van der Waals surface area contributed by atoms with Gasteiger partial charge < -0.3 is 4.98 Å². The zero-order valence-electron chi connectivity index (χ0n) is 21.5. The van der Waals surface area contributed by atoms with Gasteiger partial charge in [0.05, 0.1) is 6.04 Å². The van der Waals surface area contributed by atoms with Crippen molar-refractivity contribution < 1.29 is 0 Å². The zero-order valence-corrected chi connectivity index (χ0v) is 21.5. The molecule has 1 aliphatic heterocycles. The van der Waals surface area contributed by atoms with Crippen molar-refractivity contribution in [1.82, 2.24) is 35.0 Å². The molecule has 0 amide bonds. The lowest BCUT2D eigenvalue weighted by Crippen LogP contribution is -2.48. The summed E-state index contributed by atoms with van der Waals surface area (Å²) in [5.41, 5.74) is 4.93. The molecule has 6 rings (SSSR count). The van der Waals surface area contributed by atoms with Gasteiger partial charge in [0, 0.05) is 56.4 Å². The number of aromatic nitrogens is 5. The number of nitrogens with zero attached hydrogens (tertiary/aromatic N) is 6. The maximum Gasteiger partial charge on any atom is 0.173 e.